The first-order chi connectivity index (χ1) is 9.58. The van der Waals surface area contributed by atoms with Crippen molar-refractivity contribution >= 4 is 23.2 Å². The highest BCUT2D eigenvalue weighted by atomic mass is 35.5. The molecule has 2 rings (SSSR count). The molecule has 1 saturated carbocycles. The lowest BCUT2D eigenvalue weighted by molar-refractivity contribution is -0.0833. The van der Waals surface area contributed by atoms with Gasteiger partial charge in [-0.1, -0.05) is 30.1 Å². The Bertz CT molecular complexity index is 441. The van der Waals surface area contributed by atoms with Crippen molar-refractivity contribution in [3.8, 4) is 0 Å². The largest absolute Gasteiger partial charge is 0.378 e. The minimum atomic E-state index is 0.0673. The molecule has 1 aromatic carbocycles. The third-order valence-corrected chi connectivity index (χ3v) is 4.89. The number of hydrogen-bond acceptors (Lipinski definition) is 2. The molecule has 0 saturated heterocycles. The maximum atomic E-state index is 6.28. The molecule has 1 atom stereocenters. The summed E-state index contributed by atoms with van der Waals surface area (Å²) >= 11 is 12.3. The van der Waals surface area contributed by atoms with Crippen LogP contribution in [0.1, 0.15) is 38.2 Å². The Morgan fingerprint density at radius 1 is 1.35 bits per heavy atom. The van der Waals surface area contributed by atoms with Crippen LogP contribution >= 0.6 is 23.2 Å². The Kier molecular flexibility index (Phi) is 5.74. The van der Waals surface area contributed by atoms with E-state index in [1.165, 1.54) is 6.42 Å². The molecule has 0 radical (unpaired) electrons. The van der Waals surface area contributed by atoms with Gasteiger partial charge in [-0.25, -0.2) is 0 Å². The average Bonchev–Trinajstić information content (AvgIpc) is 2.38. The van der Waals surface area contributed by atoms with E-state index in [2.05, 4.69) is 12.2 Å². The summed E-state index contributed by atoms with van der Waals surface area (Å²) in [7, 11) is 1.83. The van der Waals surface area contributed by atoms with Crippen LogP contribution < -0.4 is 5.32 Å². The zero-order valence-electron chi connectivity index (χ0n) is 12.2. The second-order valence-electron chi connectivity index (χ2n) is 5.64. The third kappa shape index (κ3) is 3.88. The zero-order valence-corrected chi connectivity index (χ0v) is 13.7. The molecular weight excluding hydrogens is 293 g/mol. The first kappa shape index (κ1) is 16.1. The van der Waals surface area contributed by atoms with Crippen LogP contribution in [0.15, 0.2) is 18.2 Å². The van der Waals surface area contributed by atoms with Crippen molar-refractivity contribution in [2.45, 2.75) is 50.7 Å². The van der Waals surface area contributed by atoms with Gasteiger partial charge in [0.1, 0.15) is 0 Å². The monoisotopic (exact) mass is 315 g/mol. The van der Waals surface area contributed by atoms with E-state index in [4.69, 9.17) is 27.9 Å². The van der Waals surface area contributed by atoms with Crippen LogP contribution in [0.3, 0.4) is 0 Å². The molecule has 0 heterocycles. The van der Waals surface area contributed by atoms with Crippen molar-refractivity contribution in [1.82, 2.24) is 5.32 Å². The number of halogens is 2. The zero-order chi connectivity index (χ0) is 14.6. The van der Waals surface area contributed by atoms with E-state index in [1.807, 2.05) is 25.3 Å². The summed E-state index contributed by atoms with van der Waals surface area (Å²) in [6, 6.07) is 6.04. The highest BCUT2D eigenvalue weighted by Crippen LogP contribution is 2.39. The highest BCUT2D eigenvalue weighted by molar-refractivity contribution is 6.33. The molecule has 20 heavy (non-hydrogen) atoms. The first-order valence-corrected chi connectivity index (χ1v) is 8.06. The summed E-state index contributed by atoms with van der Waals surface area (Å²) in [5, 5.41) is 5.08. The summed E-state index contributed by atoms with van der Waals surface area (Å²) in [5.41, 5.74) is 1.17. The minimum absolute atomic E-state index is 0.0673. The lowest BCUT2D eigenvalue weighted by atomic mass is 9.75. The Hall–Kier alpha value is -0.280. The van der Waals surface area contributed by atoms with Crippen LogP contribution in [0, 0.1) is 0 Å². The van der Waals surface area contributed by atoms with Crippen molar-refractivity contribution in [2.75, 3.05) is 13.7 Å². The fourth-order valence-corrected chi connectivity index (χ4v) is 3.37. The molecule has 0 aliphatic heterocycles. The van der Waals surface area contributed by atoms with E-state index in [0.29, 0.717) is 6.04 Å². The number of nitrogens with one attached hydrogen (secondary N) is 1. The average molecular weight is 316 g/mol. The van der Waals surface area contributed by atoms with Gasteiger partial charge in [-0.05, 0) is 62.4 Å². The molecule has 0 aromatic heterocycles. The SMILES string of the molecule is CCNC(Cc1cc(Cl)ccc1Cl)CC1(OC)CCC1. The molecule has 1 aromatic rings. The van der Waals surface area contributed by atoms with Gasteiger partial charge in [-0.2, -0.15) is 0 Å². The van der Waals surface area contributed by atoms with Crippen molar-refractivity contribution in [3.63, 3.8) is 0 Å². The molecular formula is C16H23Cl2NO. The molecule has 4 heteroatoms. The molecule has 1 unspecified atom stereocenters. The molecule has 1 aliphatic carbocycles. The summed E-state index contributed by atoms with van der Waals surface area (Å²) in [4.78, 5) is 0. The molecule has 112 valence electrons. The van der Waals surface area contributed by atoms with Gasteiger partial charge in [-0.15, -0.1) is 0 Å². The maximum Gasteiger partial charge on any atom is 0.0693 e. The standard InChI is InChI=1S/C16H23Cl2NO/c1-3-19-14(11-16(20-2)7-4-8-16)10-12-9-13(17)5-6-15(12)18/h5-6,9,14,19H,3-4,7-8,10-11H2,1-2H3. The van der Waals surface area contributed by atoms with Gasteiger partial charge in [0.2, 0.25) is 0 Å². The van der Waals surface area contributed by atoms with Gasteiger partial charge in [0, 0.05) is 23.2 Å². The Balaban J connectivity index is 2.06. The molecule has 2 nitrogen and oxygen atoms in total. The van der Waals surface area contributed by atoms with Gasteiger partial charge >= 0.3 is 0 Å². The van der Waals surface area contributed by atoms with Crippen molar-refractivity contribution < 1.29 is 4.74 Å². The van der Waals surface area contributed by atoms with Crippen LogP contribution in [0.2, 0.25) is 10.0 Å². The van der Waals surface area contributed by atoms with E-state index in [1.54, 1.807) is 0 Å². The fraction of sp³-hybridized carbons (Fsp3) is 0.625. The summed E-state index contributed by atoms with van der Waals surface area (Å²) in [6.45, 7) is 3.08. The van der Waals surface area contributed by atoms with Crippen molar-refractivity contribution in [1.29, 1.82) is 0 Å². The lowest BCUT2D eigenvalue weighted by Crippen LogP contribution is -2.46. The van der Waals surface area contributed by atoms with Gasteiger partial charge < -0.3 is 10.1 Å². The number of hydrogen-bond donors (Lipinski definition) is 1. The second kappa shape index (κ2) is 7.13. The van der Waals surface area contributed by atoms with Crippen molar-refractivity contribution in [2.24, 2.45) is 0 Å². The van der Waals surface area contributed by atoms with Gasteiger partial charge in [-0.3, -0.25) is 0 Å². The molecule has 1 aliphatic rings. The molecule has 0 spiro atoms. The van der Waals surface area contributed by atoms with E-state index in [0.717, 1.165) is 47.8 Å². The normalized spacial score (nSPS) is 18.6. The van der Waals surface area contributed by atoms with E-state index >= 15 is 0 Å². The Labute approximate surface area is 131 Å². The minimum Gasteiger partial charge on any atom is -0.378 e. The van der Waals surface area contributed by atoms with Crippen LogP contribution in [0.4, 0.5) is 0 Å². The molecule has 0 amide bonds. The fourth-order valence-electron chi connectivity index (χ4n) is 2.98. The molecule has 1 fully saturated rings. The smallest absolute Gasteiger partial charge is 0.0693 e. The van der Waals surface area contributed by atoms with Crippen LogP contribution in [-0.4, -0.2) is 25.3 Å². The van der Waals surface area contributed by atoms with Gasteiger partial charge in [0.15, 0.2) is 0 Å². The Morgan fingerprint density at radius 3 is 2.65 bits per heavy atom. The summed E-state index contributed by atoms with van der Waals surface area (Å²) in [5.74, 6) is 0. The molecule has 1 N–H and O–H groups in total. The maximum absolute atomic E-state index is 6.28. The number of likely N-dealkylation sites (N-methyl/N-ethyl adjacent to an activating group) is 1. The van der Waals surface area contributed by atoms with Crippen LogP contribution in [0.25, 0.3) is 0 Å². The van der Waals surface area contributed by atoms with Crippen LogP contribution in [0.5, 0.6) is 0 Å². The van der Waals surface area contributed by atoms with E-state index in [9.17, 15) is 0 Å². The van der Waals surface area contributed by atoms with Gasteiger partial charge in [0.05, 0.1) is 5.60 Å². The van der Waals surface area contributed by atoms with Crippen molar-refractivity contribution in [3.05, 3.63) is 33.8 Å². The highest BCUT2D eigenvalue weighted by Gasteiger charge is 2.38. The number of rotatable bonds is 7. The van der Waals surface area contributed by atoms with E-state index in [-0.39, 0.29) is 5.60 Å². The topological polar surface area (TPSA) is 21.3 Å². The van der Waals surface area contributed by atoms with Gasteiger partial charge in [0.25, 0.3) is 0 Å². The quantitative estimate of drug-likeness (QED) is 0.801. The number of benzene rings is 1. The van der Waals surface area contributed by atoms with E-state index < -0.39 is 0 Å². The Morgan fingerprint density at radius 2 is 2.10 bits per heavy atom. The summed E-state index contributed by atoms with van der Waals surface area (Å²) in [6.07, 6.45) is 5.51. The first-order valence-electron chi connectivity index (χ1n) is 7.31. The predicted octanol–water partition coefficient (Wildman–Crippen LogP) is 4.47. The molecule has 0 bridgehead atoms. The number of ether oxygens (including phenoxy) is 1. The number of methoxy groups -OCH3 is 1. The predicted molar refractivity (Wildman–Crippen MR) is 85.8 cm³/mol. The third-order valence-electron chi connectivity index (χ3n) is 4.28. The second-order valence-corrected chi connectivity index (χ2v) is 6.48. The lowest BCUT2D eigenvalue weighted by Gasteiger charge is -2.43. The summed E-state index contributed by atoms with van der Waals surface area (Å²) < 4.78 is 5.74. The van der Waals surface area contributed by atoms with Crippen LogP contribution in [-0.2, 0) is 11.2 Å².